The van der Waals surface area contributed by atoms with Gasteiger partial charge < -0.3 is 24.8 Å². The number of likely N-dealkylation sites (N-methyl/N-ethyl adjacent to an activating group) is 1. The molecule has 2 aromatic carbocycles. The molecule has 1 saturated heterocycles. The molecule has 1 fully saturated rings. The van der Waals surface area contributed by atoms with E-state index in [4.69, 9.17) is 4.74 Å². The summed E-state index contributed by atoms with van der Waals surface area (Å²) in [5, 5.41) is 3.61. The van der Waals surface area contributed by atoms with Crippen LogP contribution in [0.15, 0.2) is 46.2 Å². The molecule has 0 unspecified atom stereocenters. The van der Waals surface area contributed by atoms with Gasteiger partial charge in [0.1, 0.15) is 5.60 Å². The van der Waals surface area contributed by atoms with Crippen LogP contribution in [0.1, 0.15) is 40.2 Å². The number of carbonyl (C=O) groups excluding carboxylic acids is 1. The predicted octanol–water partition coefficient (Wildman–Crippen LogP) is 5.84. The van der Waals surface area contributed by atoms with E-state index in [9.17, 15) is 4.79 Å². The van der Waals surface area contributed by atoms with Crippen molar-refractivity contribution in [2.75, 3.05) is 56.0 Å². The number of hydrogen-bond donors (Lipinski definition) is 1. The Bertz CT molecular complexity index is 1010. The fraction of sp³-hybridized carbons (Fsp3) is 0.519. The average molecular weight is 483 g/mol. The van der Waals surface area contributed by atoms with E-state index in [1.807, 2.05) is 37.4 Å². The summed E-state index contributed by atoms with van der Waals surface area (Å²) in [5.74, 6) is 0. The quantitative estimate of drug-likeness (QED) is 0.477. The van der Waals surface area contributed by atoms with Gasteiger partial charge in [0.25, 0.3) is 0 Å². The van der Waals surface area contributed by atoms with Gasteiger partial charge in [-0.3, -0.25) is 0 Å². The molecule has 4 rings (SSSR count). The standard InChI is InChI=1S/C27H38N4O2S/c1-6-29(7-2)13-12-20-8-10-22-24(18-20)34-25-19-21(9-11-23(25)28-22)30-14-16-31(17-15-30)26(32)33-27(3,4)5/h8-11,18-19,28H,6-7,12-17H2,1-5H3. The lowest BCUT2D eigenvalue weighted by atomic mass is 10.1. The van der Waals surface area contributed by atoms with Crippen LogP contribution in [0.25, 0.3) is 0 Å². The van der Waals surface area contributed by atoms with Gasteiger partial charge >= 0.3 is 6.09 Å². The molecule has 0 bridgehead atoms. The summed E-state index contributed by atoms with van der Waals surface area (Å²) in [6.07, 6.45) is 0.857. The third-order valence-corrected chi connectivity index (χ3v) is 7.52. The van der Waals surface area contributed by atoms with Gasteiger partial charge in [0.15, 0.2) is 0 Å². The molecule has 2 aromatic rings. The van der Waals surface area contributed by atoms with Crippen molar-refractivity contribution in [1.29, 1.82) is 0 Å². The molecule has 34 heavy (non-hydrogen) atoms. The number of ether oxygens (including phenoxy) is 1. The first kappa shape index (κ1) is 24.7. The van der Waals surface area contributed by atoms with Crippen LogP contribution in [-0.2, 0) is 11.2 Å². The second-order valence-corrected chi connectivity index (χ2v) is 11.1. The number of nitrogens with one attached hydrogen (secondary N) is 1. The minimum atomic E-state index is -0.460. The topological polar surface area (TPSA) is 48.0 Å². The van der Waals surface area contributed by atoms with E-state index in [1.165, 1.54) is 26.7 Å². The van der Waals surface area contributed by atoms with Crippen molar-refractivity contribution < 1.29 is 9.53 Å². The van der Waals surface area contributed by atoms with E-state index in [-0.39, 0.29) is 6.09 Å². The van der Waals surface area contributed by atoms with Crippen molar-refractivity contribution in [3.8, 4) is 0 Å². The Hall–Kier alpha value is -2.38. The number of fused-ring (bicyclic) bond motifs is 2. The molecule has 0 saturated carbocycles. The molecule has 1 N–H and O–H groups in total. The van der Waals surface area contributed by atoms with Crippen LogP contribution in [0, 0.1) is 0 Å². The van der Waals surface area contributed by atoms with Gasteiger partial charge in [-0.15, -0.1) is 0 Å². The number of hydrogen-bond acceptors (Lipinski definition) is 6. The highest BCUT2D eigenvalue weighted by molar-refractivity contribution is 7.99. The first-order chi connectivity index (χ1) is 16.3. The van der Waals surface area contributed by atoms with Crippen LogP contribution in [0.2, 0.25) is 0 Å². The predicted molar refractivity (Wildman–Crippen MR) is 142 cm³/mol. The molecule has 0 radical (unpaired) electrons. The highest BCUT2D eigenvalue weighted by Gasteiger charge is 2.26. The Morgan fingerprint density at radius 2 is 1.65 bits per heavy atom. The molecular weight excluding hydrogens is 444 g/mol. The van der Waals surface area contributed by atoms with Crippen LogP contribution in [0.4, 0.5) is 21.9 Å². The third kappa shape index (κ3) is 5.99. The Labute approximate surface area is 208 Å². The van der Waals surface area contributed by atoms with Crippen LogP contribution >= 0.6 is 11.8 Å². The largest absolute Gasteiger partial charge is 0.444 e. The van der Waals surface area contributed by atoms with Crippen LogP contribution in [0.3, 0.4) is 0 Å². The number of carbonyl (C=O) groups is 1. The minimum absolute atomic E-state index is 0.217. The van der Waals surface area contributed by atoms with Gasteiger partial charge in [-0.1, -0.05) is 31.7 Å². The van der Waals surface area contributed by atoms with Crippen molar-refractivity contribution >= 4 is 34.9 Å². The van der Waals surface area contributed by atoms with Gasteiger partial charge in [0.2, 0.25) is 0 Å². The van der Waals surface area contributed by atoms with Gasteiger partial charge in [0, 0.05) is 48.2 Å². The SMILES string of the molecule is CCN(CC)CCc1ccc2c(c1)Sc1cc(N3CCN(C(=O)OC(C)(C)C)CC3)ccc1N2. The first-order valence-electron chi connectivity index (χ1n) is 12.4. The van der Waals surface area contributed by atoms with Crippen molar-refractivity contribution in [3.05, 3.63) is 42.0 Å². The van der Waals surface area contributed by atoms with Crippen molar-refractivity contribution in [2.24, 2.45) is 0 Å². The zero-order chi connectivity index (χ0) is 24.3. The number of benzene rings is 2. The molecule has 0 atom stereocenters. The molecule has 0 aliphatic carbocycles. The summed E-state index contributed by atoms with van der Waals surface area (Å²) in [5.41, 5.74) is 4.47. The van der Waals surface area contributed by atoms with E-state index in [0.717, 1.165) is 44.8 Å². The smallest absolute Gasteiger partial charge is 0.410 e. The van der Waals surface area contributed by atoms with E-state index in [0.29, 0.717) is 13.1 Å². The maximum absolute atomic E-state index is 12.4. The van der Waals surface area contributed by atoms with Gasteiger partial charge in [-0.2, -0.15) is 0 Å². The Balaban J connectivity index is 1.39. The Morgan fingerprint density at radius 1 is 1.00 bits per heavy atom. The lowest BCUT2D eigenvalue weighted by Gasteiger charge is -2.37. The zero-order valence-corrected chi connectivity index (χ0v) is 22.0. The Kier molecular flexibility index (Phi) is 7.63. The number of nitrogens with zero attached hydrogens (tertiary/aromatic N) is 3. The monoisotopic (exact) mass is 482 g/mol. The summed E-state index contributed by atoms with van der Waals surface area (Å²) in [7, 11) is 0. The highest BCUT2D eigenvalue weighted by atomic mass is 32.2. The molecule has 0 aromatic heterocycles. The van der Waals surface area contributed by atoms with Crippen molar-refractivity contribution in [1.82, 2.24) is 9.80 Å². The fourth-order valence-electron chi connectivity index (χ4n) is 4.37. The summed E-state index contributed by atoms with van der Waals surface area (Å²) in [6.45, 7) is 16.4. The van der Waals surface area contributed by atoms with Crippen LogP contribution in [0.5, 0.6) is 0 Å². The summed E-state index contributed by atoms with van der Waals surface area (Å²) >= 11 is 1.85. The number of amides is 1. The average Bonchev–Trinajstić information content (AvgIpc) is 2.82. The maximum Gasteiger partial charge on any atom is 0.410 e. The highest BCUT2D eigenvalue weighted by Crippen LogP contribution is 2.45. The number of piperazine rings is 1. The van der Waals surface area contributed by atoms with Crippen molar-refractivity contribution in [2.45, 2.75) is 56.4 Å². The molecule has 2 aliphatic heterocycles. The van der Waals surface area contributed by atoms with Gasteiger partial charge in [-0.25, -0.2) is 4.79 Å². The molecule has 6 nitrogen and oxygen atoms in total. The normalized spacial score (nSPS) is 15.6. The second kappa shape index (κ2) is 10.5. The Morgan fingerprint density at radius 3 is 2.29 bits per heavy atom. The van der Waals surface area contributed by atoms with E-state index in [1.54, 1.807) is 0 Å². The van der Waals surface area contributed by atoms with E-state index >= 15 is 0 Å². The van der Waals surface area contributed by atoms with Crippen LogP contribution < -0.4 is 10.2 Å². The fourth-order valence-corrected chi connectivity index (χ4v) is 5.45. The molecule has 0 spiro atoms. The number of rotatable bonds is 6. The van der Waals surface area contributed by atoms with Gasteiger partial charge in [0.05, 0.1) is 11.4 Å². The molecular formula is C27H38N4O2S. The lowest BCUT2D eigenvalue weighted by molar-refractivity contribution is 0.0240. The molecule has 2 aliphatic rings. The van der Waals surface area contributed by atoms with Crippen molar-refractivity contribution in [3.63, 3.8) is 0 Å². The maximum atomic E-state index is 12.4. The third-order valence-electron chi connectivity index (χ3n) is 6.41. The molecule has 7 heteroatoms. The zero-order valence-electron chi connectivity index (χ0n) is 21.2. The minimum Gasteiger partial charge on any atom is -0.444 e. The molecule has 2 heterocycles. The van der Waals surface area contributed by atoms with Crippen LogP contribution in [-0.4, -0.2) is 67.3 Å². The molecule has 1 amide bonds. The van der Waals surface area contributed by atoms with E-state index < -0.39 is 5.60 Å². The van der Waals surface area contributed by atoms with Gasteiger partial charge in [-0.05, 0) is 76.2 Å². The summed E-state index contributed by atoms with van der Waals surface area (Å²) in [4.78, 5) is 21.6. The summed E-state index contributed by atoms with van der Waals surface area (Å²) in [6, 6.07) is 13.4. The lowest BCUT2D eigenvalue weighted by Crippen LogP contribution is -2.50. The number of anilines is 3. The second-order valence-electron chi connectivity index (χ2n) is 9.97. The van der Waals surface area contributed by atoms with E-state index in [2.05, 4.69) is 65.4 Å². The first-order valence-corrected chi connectivity index (χ1v) is 13.2. The molecule has 184 valence electrons. The summed E-state index contributed by atoms with van der Waals surface area (Å²) < 4.78 is 5.53.